The summed E-state index contributed by atoms with van der Waals surface area (Å²) in [6.45, 7) is 0. The van der Waals surface area contributed by atoms with E-state index in [9.17, 15) is 0 Å². The average molecular weight is 150 g/mol. The number of hydrogen-bond donors (Lipinski definition) is 2. The van der Waals surface area contributed by atoms with Crippen molar-refractivity contribution in [1.29, 1.82) is 0 Å². The highest BCUT2D eigenvalue weighted by Gasteiger charge is 1.94. The van der Waals surface area contributed by atoms with Crippen LogP contribution in [0.4, 0.5) is 0 Å². The summed E-state index contributed by atoms with van der Waals surface area (Å²) >= 11 is 4.15. The lowest BCUT2D eigenvalue weighted by atomic mass is 10.4. The molecule has 2 aromatic rings. The van der Waals surface area contributed by atoms with Gasteiger partial charge >= 0.3 is 0 Å². The van der Waals surface area contributed by atoms with Crippen LogP contribution in [0.25, 0.3) is 11.0 Å². The van der Waals surface area contributed by atoms with Gasteiger partial charge in [0.25, 0.3) is 0 Å². The zero-order valence-electron chi connectivity index (χ0n) is 5.20. The Kier molecular flexibility index (Phi) is 1.17. The third-order valence-electron chi connectivity index (χ3n) is 1.37. The maximum absolute atomic E-state index is 4.15. The van der Waals surface area contributed by atoms with Crippen LogP contribution in [-0.4, -0.2) is 9.97 Å². The molecule has 0 atom stereocenters. The predicted octanol–water partition coefficient (Wildman–Crippen LogP) is 1.85. The van der Waals surface area contributed by atoms with Gasteiger partial charge in [-0.3, -0.25) is 4.98 Å². The Morgan fingerprint density at radius 2 is 2.40 bits per heavy atom. The molecule has 0 aliphatic carbocycles. The van der Waals surface area contributed by atoms with Gasteiger partial charge in [0.15, 0.2) is 0 Å². The first-order chi connectivity index (χ1) is 4.86. The van der Waals surface area contributed by atoms with Gasteiger partial charge in [-0.2, -0.15) is 0 Å². The van der Waals surface area contributed by atoms with Crippen LogP contribution in [-0.2, 0) is 0 Å². The van der Waals surface area contributed by atoms with Crippen molar-refractivity contribution < 1.29 is 0 Å². The number of fused-ring (bicyclic) bond motifs is 1. The minimum Gasteiger partial charge on any atom is -0.349 e. The Morgan fingerprint density at radius 1 is 1.50 bits per heavy atom. The number of hydrogen-bond acceptors (Lipinski definition) is 2. The van der Waals surface area contributed by atoms with E-state index in [0.717, 1.165) is 16.1 Å². The summed E-state index contributed by atoms with van der Waals surface area (Å²) in [5.41, 5.74) is 2.00. The van der Waals surface area contributed by atoms with E-state index in [1.807, 2.05) is 18.2 Å². The molecule has 0 aliphatic rings. The van der Waals surface area contributed by atoms with Crippen LogP contribution >= 0.6 is 12.6 Å². The van der Waals surface area contributed by atoms with Gasteiger partial charge < -0.3 is 4.98 Å². The number of thiol groups is 1. The Hall–Kier alpha value is -0.960. The second-order valence-electron chi connectivity index (χ2n) is 2.09. The number of H-pyrrole nitrogens is 1. The van der Waals surface area contributed by atoms with E-state index in [1.165, 1.54) is 0 Å². The average Bonchev–Trinajstić information content (AvgIpc) is 2.27. The van der Waals surface area contributed by atoms with Crippen LogP contribution in [0.15, 0.2) is 29.4 Å². The minimum atomic E-state index is 0.855. The van der Waals surface area contributed by atoms with E-state index in [4.69, 9.17) is 0 Å². The number of aromatic nitrogens is 2. The van der Waals surface area contributed by atoms with Crippen molar-refractivity contribution in [3.05, 3.63) is 24.4 Å². The third-order valence-corrected chi connectivity index (χ3v) is 1.62. The molecule has 0 bridgehead atoms. The van der Waals surface area contributed by atoms with Crippen LogP contribution in [0.1, 0.15) is 0 Å². The van der Waals surface area contributed by atoms with Gasteiger partial charge in [0.05, 0.1) is 16.1 Å². The molecule has 0 fully saturated rings. The van der Waals surface area contributed by atoms with Crippen molar-refractivity contribution >= 4 is 23.7 Å². The Morgan fingerprint density at radius 3 is 3.20 bits per heavy atom. The van der Waals surface area contributed by atoms with Crippen molar-refractivity contribution in [1.82, 2.24) is 9.97 Å². The molecule has 2 rings (SSSR count). The van der Waals surface area contributed by atoms with Gasteiger partial charge in [-0.1, -0.05) is 0 Å². The number of nitrogens with zero attached hydrogens (tertiary/aromatic N) is 1. The first-order valence-electron chi connectivity index (χ1n) is 2.99. The van der Waals surface area contributed by atoms with Crippen LogP contribution in [0.5, 0.6) is 0 Å². The lowest BCUT2D eigenvalue weighted by molar-refractivity contribution is 1.25. The molecule has 1 N–H and O–H groups in total. The maximum atomic E-state index is 4.15. The number of pyridine rings is 1. The fraction of sp³-hybridized carbons (Fsp3) is 0. The zero-order chi connectivity index (χ0) is 6.97. The molecule has 0 radical (unpaired) electrons. The summed E-state index contributed by atoms with van der Waals surface area (Å²) < 4.78 is 0. The number of nitrogens with one attached hydrogen (secondary N) is 1. The summed E-state index contributed by atoms with van der Waals surface area (Å²) in [5.74, 6) is 0. The van der Waals surface area contributed by atoms with Crippen molar-refractivity contribution in [3.63, 3.8) is 0 Å². The Bertz CT molecular complexity index is 320. The summed E-state index contributed by atoms with van der Waals surface area (Å²) in [6.07, 6.45) is 1.77. The highest BCUT2D eigenvalue weighted by atomic mass is 32.1. The molecule has 2 heterocycles. The van der Waals surface area contributed by atoms with Crippen LogP contribution < -0.4 is 0 Å². The van der Waals surface area contributed by atoms with Crippen molar-refractivity contribution in [2.75, 3.05) is 0 Å². The molecule has 0 saturated carbocycles. The monoisotopic (exact) mass is 150 g/mol. The minimum absolute atomic E-state index is 0.855. The van der Waals surface area contributed by atoms with Gasteiger partial charge in [0.2, 0.25) is 0 Å². The lowest BCUT2D eigenvalue weighted by Crippen LogP contribution is -1.69. The van der Waals surface area contributed by atoms with Crippen LogP contribution in [0.2, 0.25) is 0 Å². The molecule has 0 aromatic carbocycles. The lowest BCUT2D eigenvalue weighted by Gasteiger charge is -1.82. The van der Waals surface area contributed by atoms with Gasteiger partial charge in [-0.05, 0) is 18.2 Å². The second-order valence-corrected chi connectivity index (χ2v) is 2.57. The van der Waals surface area contributed by atoms with Crippen molar-refractivity contribution in [2.24, 2.45) is 0 Å². The number of aromatic amines is 1. The highest BCUT2D eigenvalue weighted by Crippen LogP contribution is 2.13. The standard InChI is InChI=1S/C7H6N2S/c10-7-4-6-5(9-7)2-1-3-8-6/h1-4,9-10H. The van der Waals surface area contributed by atoms with Gasteiger partial charge in [0, 0.05) is 6.20 Å². The molecule has 2 nitrogen and oxygen atoms in total. The van der Waals surface area contributed by atoms with Crippen molar-refractivity contribution in [2.45, 2.75) is 5.03 Å². The molecule has 2 aromatic heterocycles. The van der Waals surface area contributed by atoms with Gasteiger partial charge in [-0.25, -0.2) is 0 Å². The molecular formula is C7H6N2S. The number of rotatable bonds is 0. The largest absolute Gasteiger partial charge is 0.349 e. The summed E-state index contributed by atoms with van der Waals surface area (Å²) in [7, 11) is 0. The molecule has 0 unspecified atom stereocenters. The fourth-order valence-corrected chi connectivity index (χ4v) is 1.18. The molecular weight excluding hydrogens is 144 g/mol. The summed E-state index contributed by atoms with van der Waals surface area (Å²) in [6, 6.07) is 5.77. The second kappa shape index (κ2) is 2.02. The smallest absolute Gasteiger partial charge is 0.0890 e. The fourth-order valence-electron chi connectivity index (χ4n) is 0.942. The van der Waals surface area contributed by atoms with E-state index >= 15 is 0 Å². The van der Waals surface area contributed by atoms with Crippen molar-refractivity contribution in [3.8, 4) is 0 Å². The normalized spacial score (nSPS) is 10.5. The maximum Gasteiger partial charge on any atom is 0.0890 e. The summed E-state index contributed by atoms with van der Waals surface area (Å²) in [4.78, 5) is 7.18. The van der Waals surface area contributed by atoms with E-state index in [-0.39, 0.29) is 0 Å². The first-order valence-corrected chi connectivity index (χ1v) is 3.44. The highest BCUT2D eigenvalue weighted by molar-refractivity contribution is 7.80. The van der Waals surface area contributed by atoms with Crippen LogP contribution in [0, 0.1) is 0 Å². The van der Waals surface area contributed by atoms with E-state index < -0.39 is 0 Å². The predicted molar refractivity (Wildman–Crippen MR) is 43.3 cm³/mol. The SMILES string of the molecule is Sc1cc2ncccc2[nH]1. The van der Waals surface area contributed by atoms with Gasteiger partial charge in [-0.15, -0.1) is 12.6 Å². The molecule has 10 heavy (non-hydrogen) atoms. The molecule has 3 heteroatoms. The van der Waals surface area contributed by atoms with E-state index in [1.54, 1.807) is 6.20 Å². The zero-order valence-corrected chi connectivity index (χ0v) is 6.10. The van der Waals surface area contributed by atoms with E-state index in [2.05, 4.69) is 22.6 Å². The molecule has 50 valence electrons. The first kappa shape index (κ1) is 5.80. The Balaban J connectivity index is 2.88. The molecule has 0 saturated heterocycles. The Labute approximate surface area is 63.7 Å². The van der Waals surface area contributed by atoms with Gasteiger partial charge in [0.1, 0.15) is 0 Å². The third kappa shape index (κ3) is 0.789. The van der Waals surface area contributed by atoms with E-state index in [0.29, 0.717) is 0 Å². The summed E-state index contributed by atoms with van der Waals surface area (Å²) in [5, 5.41) is 0.855. The topological polar surface area (TPSA) is 28.7 Å². The quantitative estimate of drug-likeness (QED) is 0.551. The van der Waals surface area contributed by atoms with Crippen LogP contribution in [0.3, 0.4) is 0 Å². The molecule has 0 spiro atoms. The molecule has 0 aliphatic heterocycles. The molecule has 0 amide bonds.